The molecule has 1 atom stereocenters. The molecule has 2 aromatic rings. The molecule has 1 unspecified atom stereocenters. The van der Waals surface area contributed by atoms with Crippen LogP contribution in [0.15, 0.2) is 60.7 Å². The number of hydrogen-bond acceptors (Lipinski definition) is 5. The van der Waals surface area contributed by atoms with Crippen LogP contribution in [0.1, 0.15) is 11.1 Å². The number of nitrogens with two attached hydrogens (primary N) is 1. The average molecular weight is 412 g/mol. The largest absolute Gasteiger partial charge is 0.445 e. The van der Waals surface area contributed by atoms with Gasteiger partial charge in [0, 0.05) is 6.42 Å². The number of primary amides is 1. The van der Waals surface area contributed by atoms with E-state index < -0.39 is 29.9 Å². The van der Waals surface area contributed by atoms with Gasteiger partial charge in [-0.2, -0.15) is 0 Å². The maximum atomic E-state index is 12.5. The van der Waals surface area contributed by atoms with Crippen LogP contribution in [0.3, 0.4) is 0 Å². The summed E-state index contributed by atoms with van der Waals surface area (Å²) in [6.07, 6.45) is -0.552. The van der Waals surface area contributed by atoms with Crippen LogP contribution in [-0.4, -0.2) is 42.9 Å². The van der Waals surface area contributed by atoms with E-state index in [2.05, 4.69) is 16.0 Å². The van der Waals surface area contributed by atoms with Crippen LogP contribution in [0.4, 0.5) is 4.79 Å². The highest BCUT2D eigenvalue weighted by atomic mass is 16.5. The van der Waals surface area contributed by atoms with Gasteiger partial charge in [-0.3, -0.25) is 14.4 Å². The first kappa shape index (κ1) is 22.4. The average Bonchev–Trinajstić information content (AvgIpc) is 2.75. The predicted molar refractivity (Wildman–Crippen MR) is 109 cm³/mol. The van der Waals surface area contributed by atoms with E-state index in [9.17, 15) is 19.2 Å². The molecule has 0 aromatic heterocycles. The summed E-state index contributed by atoms with van der Waals surface area (Å²) in [7, 11) is 0. The Hall–Kier alpha value is -3.88. The second-order valence-corrected chi connectivity index (χ2v) is 6.41. The van der Waals surface area contributed by atoms with Crippen molar-refractivity contribution in [2.75, 3.05) is 13.1 Å². The third-order valence-electron chi connectivity index (χ3n) is 3.99. The first-order valence-corrected chi connectivity index (χ1v) is 9.28. The Bertz CT molecular complexity index is 858. The smallest absolute Gasteiger partial charge is 0.408 e. The zero-order valence-corrected chi connectivity index (χ0v) is 16.3. The first-order valence-electron chi connectivity index (χ1n) is 9.28. The summed E-state index contributed by atoms with van der Waals surface area (Å²) in [6, 6.07) is 17.3. The van der Waals surface area contributed by atoms with Crippen LogP contribution >= 0.6 is 0 Å². The van der Waals surface area contributed by atoms with Gasteiger partial charge in [0.05, 0.1) is 13.1 Å². The van der Waals surface area contributed by atoms with E-state index in [0.29, 0.717) is 0 Å². The lowest BCUT2D eigenvalue weighted by Gasteiger charge is -2.18. The van der Waals surface area contributed by atoms with Crippen LogP contribution in [0.25, 0.3) is 0 Å². The summed E-state index contributed by atoms with van der Waals surface area (Å²) in [5, 5.41) is 7.23. The lowest BCUT2D eigenvalue weighted by molar-refractivity contribution is -0.128. The number of nitrogens with one attached hydrogen (secondary N) is 3. The van der Waals surface area contributed by atoms with Crippen molar-refractivity contribution in [3.05, 3.63) is 71.8 Å². The Labute approximate surface area is 174 Å². The molecule has 158 valence electrons. The van der Waals surface area contributed by atoms with E-state index in [0.717, 1.165) is 11.1 Å². The molecule has 0 saturated carbocycles. The molecule has 0 spiro atoms. The predicted octanol–water partition coefficient (Wildman–Crippen LogP) is 0.242. The van der Waals surface area contributed by atoms with Gasteiger partial charge in [0.15, 0.2) is 0 Å². The van der Waals surface area contributed by atoms with E-state index in [1.807, 2.05) is 60.7 Å². The van der Waals surface area contributed by atoms with Crippen LogP contribution < -0.4 is 21.7 Å². The Balaban J connectivity index is 1.93. The fourth-order valence-electron chi connectivity index (χ4n) is 2.50. The number of benzene rings is 2. The van der Waals surface area contributed by atoms with Crippen LogP contribution in [0.5, 0.6) is 0 Å². The standard InChI is InChI=1S/C21H24N4O5/c22-18(26)12-23-19(27)13-24-20(28)17(11-15-7-3-1-4-8-15)25-21(29)30-14-16-9-5-2-6-10-16/h1-10,17H,11-14H2,(H2,22,26)(H,23,27)(H,24,28)(H,25,29). The molecule has 4 amide bonds. The van der Waals surface area contributed by atoms with E-state index in [4.69, 9.17) is 10.5 Å². The molecule has 0 fully saturated rings. The number of carbonyl (C=O) groups is 4. The molecule has 30 heavy (non-hydrogen) atoms. The highest BCUT2D eigenvalue weighted by Crippen LogP contribution is 2.05. The fourth-order valence-corrected chi connectivity index (χ4v) is 2.50. The molecule has 2 aromatic carbocycles. The van der Waals surface area contributed by atoms with Crippen molar-refractivity contribution in [3.63, 3.8) is 0 Å². The molecule has 0 saturated heterocycles. The zero-order valence-electron chi connectivity index (χ0n) is 16.3. The summed E-state index contributed by atoms with van der Waals surface area (Å²) in [4.78, 5) is 47.1. The van der Waals surface area contributed by atoms with Crippen LogP contribution in [0.2, 0.25) is 0 Å². The van der Waals surface area contributed by atoms with Gasteiger partial charge >= 0.3 is 6.09 Å². The van der Waals surface area contributed by atoms with Crippen molar-refractivity contribution >= 4 is 23.8 Å². The summed E-state index contributed by atoms with van der Waals surface area (Å²) in [5.41, 5.74) is 6.58. The highest BCUT2D eigenvalue weighted by Gasteiger charge is 2.22. The highest BCUT2D eigenvalue weighted by molar-refractivity contribution is 5.90. The number of rotatable bonds is 10. The Morgan fingerprint density at radius 3 is 2.03 bits per heavy atom. The summed E-state index contributed by atoms with van der Waals surface area (Å²) < 4.78 is 5.18. The monoisotopic (exact) mass is 412 g/mol. The van der Waals surface area contributed by atoms with Gasteiger partial charge in [-0.1, -0.05) is 60.7 Å². The molecule has 0 radical (unpaired) electrons. The summed E-state index contributed by atoms with van der Waals surface area (Å²) in [5.74, 6) is -1.84. The molecule has 5 N–H and O–H groups in total. The molecule has 0 aliphatic heterocycles. The number of amides is 4. The number of alkyl carbamates (subject to hydrolysis) is 1. The molecule has 0 bridgehead atoms. The molecule has 2 rings (SSSR count). The number of ether oxygens (including phenoxy) is 1. The lowest BCUT2D eigenvalue weighted by atomic mass is 10.1. The normalized spacial score (nSPS) is 11.1. The van der Waals surface area contributed by atoms with Crippen molar-refractivity contribution < 1.29 is 23.9 Å². The third-order valence-corrected chi connectivity index (χ3v) is 3.99. The van der Waals surface area contributed by atoms with Gasteiger partial charge < -0.3 is 26.4 Å². The topological polar surface area (TPSA) is 140 Å². The van der Waals surface area contributed by atoms with Gasteiger partial charge in [0.25, 0.3) is 0 Å². The third kappa shape index (κ3) is 8.42. The Kier molecular flexibility index (Phi) is 8.85. The van der Waals surface area contributed by atoms with Crippen molar-refractivity contribution in [2.24, 2.45) is 5.73 Å². The lowest BCUT2D eigenvalue weighted by Crippen LogP contribution is -2.50. The minimum absolute atomic E-state index is 0.0574. The minimum Gasteiger partial charge on any atom is -0.445 e. The van der Waals surface area contributed by atoms with E-state index >= 15 is 0 Å². The number of hydrogen-bond donors (Lipinski definition) is 4. The maximum Gasteiger partial charge on any atom is 0.408 e. The van der Waals surface area contributed by atoms with Gasteiger partial charge in [-0.15, -0.1) is 0 Å². The van der Waals surface area contributed by atoms with E-state index in [1.165, 1.54) is 0 Å². The zero-order chi connectivity index (χ0) is 21.8. The van der Waals surface area contributed by atoms with Gasteiger partial charge in [-0.05, 0) is 11.1 Å². The number of carbonyl (C=O) groups excluding carboxylic acids is 4. The molecule has 9 heteroatoms. The van der Waals surface area contributed by atoms with E-state index in [1.54, 1.807) is 0 Å². The molecule has 0 aliphatic carbocycles. The molecular weight excluding hydrogens is 388 g/mol. The van der Waals surface area contributed by atoms with E-state index in [-0.39, 0.29) is 26.1 Å². The summed E-state index contributed by atoms with van der Waals surface area (Å²) in [6.45, 7) is -0.633. The van der Waals surface area contributed by atoms with Gasteiger partial charge in [0.1, 0.15) is 12.6 Å². The first-order chi connectivity index (χ1) is 14.4. The molecule has 0 heterocycles. The van der Waals surface area contributed by atoms with Crippen molar-refractivity contribution in [1.29, 1.82) is 0 Å². The second kappa shape index (κ2) is 11.8. The summed E-state index contributed by atoms with van der Waals surface area (Å²) >= 11 is 0. The Morgan fingerprint density at radius 2 is 1.43 bits per heavy atom. The Morgan fingerprint density at radius 1 is 0.833 bits per heavy atom. The molecule has 0 aliphatic rings. The second-order valence-electron chi connectivity index (χ2n) is 6.41. The van der Waals surface area contributed by atoms with Crippen molar-refractivity contribution in [3.8, 4) is 0 Å². The van der Waals surface area contributed by atoms with Crippen molar-refractivity contribution in [1.82, 2.24) is 16.0 Å². The fraction of sp³-hybridized carbons (Fsp3) is 0.238. The SMILES string of the molecule is NC(=O)CNC(=O)CNC(=O)C(Cc1ccccc1)NC(=O)OCc1ccccc1. The molecular formula is C21H24N4O5. The van der Waals surface area contributed by atoms with Gasteiger partial charge in [-0.25, -0.2) is 4.79 Å². The maximum absolute atomic E-state index is 12.5. The minimum atomic E-state index is -0.959. The quantitative estimate of drug-likeness (QED) is 0.443. The van der Waals surface area contributed by atoms with Gasteiger partial charge in [0.2, 0.25) is 17.7 Å². The van der Waals surface area contributed by atoms with Crippen LogP contribution in [-0.2, 0) is 32.1 Å². The molecule has 9 nitrogen and oxygen atoms in total. The van der Waals surface area contributed by atoms with Crippen LogP contribution in [0, 0.1) is 0 Å². The van der Waals surface area contributed by atoms with Crippen molar-refractivity contribution in [2.45, 2.75) is 19.1 Å².